The molecule has 1 amide bonds. The fourth-order valence-electron chi connectivity index (χ4n) is 4.55. The summed E-state index contributed by atoms with van der Waals surface area (Å²) in [5, 5.41) is 0. The van der Waals surface area contributed by atoms with Crippen LogP contribution in [0, 0.1) is 11.8 Å². The van der Waals surface area contributed by atoms with E-state index < -0.39 is 0 Å². The molecule has 126 valence electrons. The molecule has 0 radical (unpaired) electrons. The van der Waals surface area contributed by atoms with Gasteiger partial charge >= 0.3 is 0 Å². The third kappa shape index (κ3) is 3.83. The molecular formula is C18H33N3O. The van der Waals surface area contributed by atoms with Gasteiger partial charge in [0.1, 0.15) is 0 Å². The highest BCUT2D eigenvalue weighted by Crippen LogP contribution is 2.29. The molecule has 1 saturated carbocycles. The van der Waals surface area contributed by atoms with Gasteiger partial charge in [0.05, 0.1) is 0 Å². The largest absolute Gasteiger partial charge is 0.342 e. The van der Waals surface area contributed by atoms with Gasteiger partial charge in [-0.05, 0) is 45.6 Å². The molecule has 0 aromatic heterocycles. The van der Waals surface area contributed by atoms with Crippen LogP contribution in [0.15, 0.2) is 0 Å². The third-order valence-electron chi connectivity index (χ3n) is 6.09. The summed E-state index contributed by atoms with van der Waals surface area (Å²) in [7, 11) is 2.22. The number of hydrogen-bond acceptors (Lipinski definition) is 3. The Labute approximate surface area is 135 Å². The number of likely N-dealkylation sites (N-methyl/N-ethyl adjacent to an activating group) is 1. The average Bonchev–Trinajstić information content (AvgIpc) is 3.04. The molecule has 3 aliphatic rings. The molecule has 0 N–H and O–H groups in total. The molecule has 1 aliphatic carbocycles. The molecule has 0 bridgehead atoms. The van der Waals surface area contributed by atoms with Crippen molar-refractivity contribution >= 4 is 5.91 Å². The molecule has 4 nitrogen and oxygen atoms in total. The van der Waals surface area contributed by atoms with Crippen molar-refractivity contribution in [3.63, 3.8) is 0 Å². The quantitative estimate of drug-likeness (QED) is 0.798. The molecule has 0 spiro atoms. The molecule has 2 heterocycles. The Morgan fingerprint density at radius 2 is 1.68 bits per heavy atom. The summed E-state index contributed by atoms with van der Waals surface area (Å²) >= 11 is 0. The molecule has 1 unspecified atom stereocenters. The maximum Gasteiger partial charge on any atom is 0.225 e. The second-order valence-corrected chi connectivity index (χ2v) is 7.86. The van der Waals surface area contributed by atoms with Gasteiger partial charge in [-0.1, -0.05) is 12.8 Å². The van der Waals surface area contributed by atoms with Crippen LogP contribution < -0.4 is 0 Å². The summed E-state index contributed by atoms with van der Waals surface area (Å²) in [6, 6.07) is 0.678. The number of rotatable bonds is 3. The van der Waals surface area contributed by atoms with E-state index in [0.717, 1.165) is 31.8 Å². The molecule has 1 atom stereocenters. The number of carbonyl (C=O) groups excluding carboxylic acids is 1. The van der Waals surface area contributed by atoms with Crippen molar-refractivity contribution in [2.24, 2.45) is 11.8 Å². The first-order chi connectivity index (χ1) is 10.6. The normalized spacial score (nSPS) is 30.1. The van der Waals surface area contributed by atoms with Crippen molar-refractivity contribution in [3.8, 4) is 0 Å². The van der Waals surface area contributed by atoms with E-state index >= 15 is 0 Å². The van der Waals surface area contributed by atoms with Crippen LogP contribution in [0.25, 0.3) is 0 Å². The lowest BCUT2D eigenvalue weighted by Gasteiger charge is -2.42. The number of piperazine rings is 1. The van der Waals surface area contributed by atoms with E-state index in [0.29, 0.717) is 17.9 Å². The molecule has 0 aromatic rings. The van der Waals surface area contributed by atoms with E-state index in [9.17, 15) is 4.79 Å². The number of amides is 1. The Morgan fingerprint density at radius 1 is 1.00 bits per heavy atom. The number of carbonyl (C=O) groups is 1. The van der Waals surface area contributed by atoms with E-state index in [4.69, 9.17) is 0 Å². The Bertz CT molecular complexity index is 373. The first-order valence-corrected chi connectivity index (χ1v) is 9.35. The fourth-order valence-corrected chi connectivity index (χ4v) is 4.55. The van der Waals surface area contributed by atoms with Gasteiger partial charge in [-0.3, -0.25) is 9.69 Å². The van der Waals surface area contributed by atoms with Crippen molar-refractivity contribution in [2.45, 2.75) is 51.5 Å². The zero-order valence-corrected chi connectivity index (χ0v) is 14.5. The molecular weight excluding hydrogens is 274 g/mol. The van der Waals surface area contributed by atoms with E-state index in [1.165, 1.54) is 51.9 Å². The van der Waals surface area contributed by atoms with E-state index in [1.807, 2.05) is 0 Å². The van der Waals surface area contributed by atoms with Crippen LogP contribution >= 0.6 is 0 Å². The summed E-state index contributed by atoms with van der Waals surface area (Å²) in [5.41, 5.74) is 0. The monoisotopic (exact) mass is 307 g/mol. The molecule has 2 aliphatic heterocycles. The van der Waals surface area contributed by atoms with E-state index in [-0.39, 0.29) is 0 Å². The van der Waals surface area contributed by atoms with Crippen LogP contribution in [0.2, 0.25) is 0 Å². The summed E-state index contributed by atoms with van der Waals surface area (Å²) in [5.74, 6) is 1.61. The smallest absolute Gasteiger partial charge is 0.225 e. The fraction of sp³-hybridized carbons (Fsp3) is 0.944. The maximum atomic E-state index is 12.5. The first kappa shape index (κ1) is 16.3. The predicted molar refractivity (Wildman–Crippen MR) is 89.8 cm³/mol. The van der Waals surface area contributed by atoms with Crippen LogP contribution in [0.3, 0.4) is 0 Å². The predicted octanol–water partition coefficient (Wildman–Crippen LogP) is 2.05. The number of hydrogen-bond donors (Lipinski definition) is 0. The van der Waals surface area contributed by atoms with Crippen LogP contribution in [0.5, 0.6) is 0 Å². The second-order valence-electron chi connectivity index (χ2n) is 7.86. The van der Waals surface area contributed by atoms with Gasteiger partial charge in [0, 0.05) is 51.2 Å². The minimum atomic E-state index is 0.356. The molecule has 3 rings (SSSR count). The van der Waals surface area contributed by atoms with Gasteiger partial charge in [0.25, 0.3) is 0 Å². The number of nitrogens with zero attached hydrogens (tertiary/aromatic N) is 3. The second kappa shape index (κ2) is 7.31. The Hall–Kier alpha value is -0.610. The SMILES string of the molecule is CC1CN(C)CCN1CC1CCN(C(=O)C2CCCC2)CC1. The molecule has 3 fully saturated rings. The van der Waals surface area contributed by atoms with Gasteiger partial charge in [0.2, 0.25) is 5.91 Å². The lowest BCUT2D eigenvalue weighted by atomic mass is 9.94. The van der Waals surface area contributed by atoms with Crippen molar-refractivity contribution in [3.05, 3.63) is 0 Å². The summed E-state index contributed by atoms with van der Waals surface area (Å²) < 4.78 is 0. The lowest BCUT2D eigenvalue weighted by Crippen LogP contribution is -2.52. The Kier molecular flexibility index (Phi) is 5.40. The van der Waals surface area contributed by atoms with Gasteiger partial charge < -0.3 is 9.80 Å². The molecule has 22 heavy (non-hydrogen) atoms. The zero-order chi connectivity index (χ0) is 15.5. The lowest BCUT2D eigenvalue weighted by molar-refractivity contribution is -0.136. The van der Waals surface area contributed by atoms with Crippen molar-refractivity contribution in [1.29, 1.82) is 0 Å². The van der Waals surface area contributed by atoms with Crippen LogP contribution in [-0.2, 0) is 4.79 Å². The Morgan fingerprint density at radius 3 is 2.32 bits per heavy atom. The molecule has 0 aromatic carbocycles. The standard InChI is InChI=1S/C18H33N3O/c1-15-13-19(2)11-12-21(15)14-16-7-9-20(10-8-16)18(22)17-5-3-4-6-17/h15-17H,3-14H2,1-2H3. The zero-order valence-electron chi connectivity index (χ0n) is 14.5. The summed E-state index contributed by atoms with van der Waals surface area (Å²) in [4.78, 5) is 19.8. The third-order valence-corrected chi connectivity index (χ3v) is 6.09. The summed E-state index contributed by atoms with van der Waals surface area (Å²) in [6.07, 6.45) is 7.20. The van der Waals surface area contributed by atoms with Crippen LogP contribution in [0.4, 0.5) is 0 Å². The highest BCUT2D eigenvalue weighted by Gasteiger charge is 2.31. The molecule has 4 heteroatoms. The van der Waals surface area contributed by atoms with Crippen LogP contribution in [0.1, 0.15) is 45.4 Å². The van der Waals surface area contributed by atoms with Gasteiger partial charge in [0.15, 0.2) is 0 Å². The van der Waals surface area contributed by atoms with Crippen molar-refractivity contribution in [1.82, 2.24) is 14.7 Å². The highest BCUT2D eigenvalue weighted by atomic mass is 16.2. The highest BCUT2D eigenvalue weighted by molar-refractivity contribution is 5.79. The first-order valence-electron chi connectivity index (χ1n) is 9.35. The van der Waals surface area contributed by atoms with Crippen molar-refractivity contribution < 1.29 is 4.79 Å². The topological polar surface area (TPSA) is 26.8 Å². The van der Waals surface area contributed by atoms with Crippen LogP contribution in [-0.4, -0.2) is 73.0 Å². The number of piperidine rings is 1. The average molecular weight is 307 g/mol. The number of likely N-dealkylation sites (tertiary alicyclic amines) is 1. The summed E-state index contributed by atoms with van der Waals surface area (Å²) in [6.45, 7) is 9.19. The minimum absolute atomic E-state index is 0.356. The van der Waals surface area contributed by atoms with Crippen molar-refractivity contribution in [2.75, 3.05) is 46.3 Å². The molecule has 2 saturated heterocycles. The van der Waals surface area contributed by atoms with Gasteiger partial charge in [-0.2, -0.15) is 0 Å². The van der Waals surface area contributed by atoms with Gasteiger partial charge in [-0.25, -0.2) is 0 Å². The van der Waals surface area contributed by atoms with E-state index in [1.54, 1.807) is 0 Å². The van der Waals surface area contributed by atoms with Gasteiger partial charge in [-0.15, -0.1) is 0 Å². The Balaban J connectivity index is 1.42. The maximum absolute atomic E-state index is 12.5. The van der Waals surface area contributed by atoms with E-state index in [2.05, 4.69) is 28.7 Å². The minimum Gasteiger partial charge on any atom is -0.342 e.